The summed E-state index contributed by atoms with van der Waals surface area (Å²) in [4.78, 5) is 20.7. The first-order valence-corrected chi connectivity index (χ1v) is 9.80. The van der Waals surface area contributed by atoms with Crippen molar-refractivity contribution in [1.29, 1.82) is 0 Å². The molecule has 1 fully saturated rings. The van der Waals surface area contributed by atoms with Crippen LogP contribution in [0.25, 0.3) is 0 Å². The number of benzene rings is 1. The van der Waals surface area contributed by atoms with Crippen molar-refractivity contribution in [3.63, 3.8) is 0 Å². The Hall–Kier alpha value is -1.88. The molecule has 4 nitrogen and oxygen atoms in total. The number of methoxy groups -OCH3 is 1. The fraction of sp³-hybridized carbons (Fsp3) is 0.500. The smallest absolute Gasteiger partial charge is 0.270 e. The van der Waals surface area contributed by atoms with Crippen LogP contribution in [0.1, 0.15) is 53.5 Å². The Morgan fingerprint density at radius 2 is 2.04 bits per heavy atom. The van der Waals surface area contributed by atoms with Gasteiger partial charge in [0.1, 0.15) is 10.6 Å². The lowest BCUT2D eigenvalue weighted by Gasteiger charge is -2.29. The molecule has 2 aromatic rings. The molecule has 0 N–H and O–H groups in total. The number of amides is 1. The summed E-state index contributed by atoms with van der Waals surface area (Å²) in [6, 6.07) is 7.96. The lowest BCUT2D eigenvalue weighted by molar-refractivity contribution is 0.0979. The van der Waals surface area contributed by atoms with Gasteiger partial charge in [0.25, 0.3) is 5.91 Å². The third-order valence-corrected chi connectivity index (χ3v) is 5.99. The zero-order valence-corrected chi connectivity index (χ0v) is 16.2. The van der Waals surface area contributed by atoms with Crippen LogP contribution in [0.5, 0.6) is 5.75 Å². The Morgan fingerprint density at radius 3 is 2.60 bits per heavy atom. The highest BCUT2D eigenvalue weighted by atomic mass is 32.1. The number of thiazole rings is 1. The summed E-state index contributed by atoms with van der Waals surface area (Å²) >= 11 is 1.55. The minimum Gasteiger partial charge on any atom is -0.497 e. The minimum absolute atomic E-state index is 0.0712. The molecule has 1 amide bonds. The van der Waals surface area contributed by atoms with Crippen molar-refractivity contribution in [2.75, 3.05) is 12.0 Å². The molecule has 0 radical (unpaired) electrons. The van der Waals surface area contributed by atoms with E-state index >= 15 is 0 Å². The second kappa shape index (κ2) is 7.56. The van der Waals surface area contributed by atoms with Crippen LogP contribution in [0, 0.1) is 12.8 Å². The number of rotatable bonds is 7. The molecule has 0 aliphatic heterocycles. The van der Waals surface area contributed by atoms with Crippen molar-refractivity contribution >= 4 is 22.9 Å². The molecule has 1 atom stereocenters. The summed E-state index contributed by atoms with van der Waals surface area (Å²) in [6.45, 7) is 6.23. The van der Waals surface area contributed by atoms with E-state index in [0.29, 0.717) is 5.92 Å². The van der Waals surface area contributed by atoms with Gasteiger partial charge >= 0.3 is 0 Å². The quantitative estimate of drug-likeness (QED) is 0.710. The molecule has 1 aromatic heterocycles. The third kappa shape index (κ3) is 3.87. The normalized spacial score (nSPS) is 15.0. The number of hydrogen-bond donors (Lipinski definition) is 0. The molecule has 0 saturated heterocycles. The van der Waals surface area contributed by atoms with Gasteiger partial charge in [-0.15, -0.1) is 11.3 Å². The largest absolute Gasteiger partial charge is 0.497 e. The van der Waals surface area contributed by atoms with E-state index in [1.807, 2.05) is 36.1 Å². The van der Waals surface area contributed by atoms with Gasteiger partial charge in [-0.3, -0.25) is 4.79 Å². The molecule has 1 unspecified atom stereocenters. The van der Waals surface area contributed by atoms with E-state index in [0.717, 1.165) is 39.9 Å². The Morgan fingerprint density at radius 1 is 1.36 bits per heavy atom. The van der Waals surface area contributed by atoms with Gasteiger partial charge in [-0.1, -0.05) is 6.92 Å². The maximum Gasteiger partial charge on any atom is 0.270 e. The number of hydrogen-bond acceptors (Lipinski definition) is 4. The molecular weight excluding hydrogens is 332 g/mol. The highest BCUT2D eigenvalue weighted by Gasteiger charge is 2.36. The molecule has 1 heterocycles. The van der Waals surface area contributed by atoms with Crippen molar-refractivity contribution in [1.82, 2.24) is 4.98 Å². The Balaban J connectivity index is 1.94. The van der Waals surface area contributed by atoms with Gasteiger partial charge in [0.05, 0.1) is 17.8 Å². The maximum absolute atomic E-state index is 13.4. The van der Waals surface area contributed by atoms with Crippen LogP contribution in [-0.4, -0.2) is 24.0 Å². The first-order valence-electron chi connectivity index (χ1n) is 8.99. The summed E-state index contributed by atoms with van der Waals surface area (Å²) in [5.74, 6) is 1.46. The number of anilines is 1. The number of aryl methyl sites for hydroxylation is 2. The number of aromatic nitrogens is 1. The van der Waals surface area contributed by atoms with E-state index in [1.165, 1.54) is 12.8 Å². The van der Waals surface area contributed by atoms with Crippen LogP contribution >= 0.6 is 11.3 Å². The van der Waals surface area contributed by atoms with Crippen LogP contribution in [0.4, 0.5) is 5.69 Å². The fourth-order valence-electron chi connectivity index (χ4n) is 3.15. The van der Waals surface area contributed by atoms with E-state index in [2.05, 4.69) is 18.8 Å². The molecule has 1 aromatic carbocycles. The number of nitrogens with zero attached hydrogens (tertiary/aromatic N) is 2. The summed E-state index contributed by atoms with van der Waals surface area (Å²) in [7, 11) is 1.65. The average molecular weight is 359 g/mol. The monoisotopic (exact) mass is 358 g/mol. The molecule has 134 valence electrons. The lowest BCUT2D eigenvalue weighted by Crippen LogP contribution is -2.40. The van der Waals surface area contributed by atoms with E-state index in [1.54, 1.807) is 18.4 Å². The lowest BCUT2D eigenvalue weighted by atomic mass is 10.1. The summed E-state index contributed by atoms with van der Waals surface area (Å²) in [6.07, 6.45) is 4.37. The molecule has 0 bridgehead atoms. The minimum atomic E-state index is 0.0712. The topological polar surface area (TPSA) is 42.4 Å². The van der Waals surface area contributed by atoms with Gasteiger partial charge in [0, 0.05) is 11.7 Å². The summed E-state index contributed by atoms with van der Waals surface area (Å²) in [5, 5.41) is 1.05. The predicted octanol–water partition coefficient (Wildman–Crippen LogP) is 4.86. The van der Waals surface area contributed by atoms with Crippen LogP contribution < -0.4 is 9.64 Å². The van der Waals surface area contributed by atoms with Gasteiger partial charge in [-0.2, -0.15) is 0 Å². The van der Waals surface area contributed by atoms with Crippen molar-refractivity contribution in [3.05, 3.63) is 39.8 Å². The molecule has 1 aliphatic rings. The van der Waals surface area contributed by atoms with Gasteiger partial charge in [-0.25, -0.2) is 4.98 Å². The highest BCUT2D eigenvalue weighted by Crippen LogP contribution is 2.38. The molecule has 1 saturated carbocycles. The standard InChI is InChI=1S/C20H26N2O2S/c1-5-6-18-21-13(2)19(25-18)20(23)22(14(3)15-7-8-15)16-9-11-17(24-4)12-10-16/h9-12,14-15H,5-8H2,1-4H3. The maximum atomic E-state index is 13.4. The van der Waals surface area contributed by atoms with E-state index in [4.69, 9.17) is 4.74 Å². The van der Waals surface area contributed by atoms with Gasteiger partial charge in [0.2, 0.25) is 0 Å². The van der Waals surface area contributed by atoms with Crippen LogP contribution in [0.2, 0.25) is 0 Å². The Kier molecular flexibility index (Phi) is 5.42. The average Bonchev–Trinajstić information content (AvgIpc) is 3.39. The predicted molar refractivity (Wildman–Crippen MR) is 103 cm³/mol. The van der Waals surface area contributed by atoms with E-state index in [9.17, 15) is 4.79 Å². The molecular formula is C20H26N2O2S. The second-order valence-electron chi connectivity index (χ2n) is 6.72. The molecule has 0 spiro atoms. The van der Waals surface area contributed by atoms with Crippen molar-refractivity contribution in [2.24, 2.45) is 5.92 Å². The summed E-state index contributed by atoms with van der Waals surface area (Å²) in [5.41, 5.74) is 1.77. The third-order valence-electron chi connectivity index (χ3n) is 4.78. The Labute approximate surface area is 153 Å². The molecule has 25 heavy (non-hydrogen) atoms. The first-order chi connectivity index (χ1) is 12.0. The van der Waals surface area contributed by atoms with Gasteiger partial charge in [-0.05, 0) is 69.7 Å². The molecule has 1 aliphatic carbocycles. The zero-order valence-electron chi connectivity index (χ0n) is 15.4. The summed E-state index contributed by atoms with van der Waals surface area (Å²) < 4.78 is 5.25. The number of ether oxygens (including phenoxy) is 1. The SMILES string of the molecule is CCCc1nc(C)c(C(=O)N(c2ccc(OC)cc2)C(C)C2CC2)s1. The van der Waals surface area contributed by atoms with E-state index in [-0.39, 0.29) is 11.9 Å². The van der Waals surface area contributed by atoms with Crippen LogP contribution in [-0.2, 0) is 6.42 Å². The van der Waals surface area contributed by atoms with Gasteiger partial charge in [0.15, 0.2) is 0 Å². The first kappa shape index (κ1) is 17.9. The molecule has 5 heteroatoms. The Bertz CT molecular complexity index is 735. The van der Waals surface area contributed by atoms with Gasteiger partial charge < -0.3 is 9.64 Å². The van der Waals surface area contributed by atoms with Crippen molar-refractivity contribution in [2.45, 2.75) is 52.5 Å². The van der Waals surface area contributed by atoms with Crippen LogP contribution in [0.15, 0.2) is 24.3 Å². The highest BCUT2D eigenvalue weighted by molar-refractivity contribution is 7.14. The van der Waals surface area contributed by atoms with Crippen LogP contribution in [0.3, 0.4) is 0 Å². The second-order valence-corrected chi connectivity index (χ2v) is 7.81. The zero-order chi connectivity index (χ0) is 18.0. The van der Waals surface area contributed by atoms with E-state index < -0.39 is 0 Å². The fourth-order valence-corrected chi connectivity index (χ4v) is 4.25. The number of carbonyl (C=O) groups is 1. The number of carbonyl (C=O) groups excluding carboxylic acids is 1. The van der Waals surface area contributed by atoms with Crippen molar-refractivity contribution in [3.8, 4) is 5.75 Å². The molecule has 3 rings (SSSR count). The van der Waals surface area contributed by atoms with Crippen molar-refractivity contribution < 1.29 is 9.53 Å².